The Kier molecular flexibility index (Phi) is 2.93. The predicted molar refractivity (Wildman–Crippen MR) is 85.3 cm³/mol. The summed E-state index contributed by atoms with van der Waals surface area (Å²) in [6.07, 6.45) is 3.75. The number of thiophene rings is 1. The quantitative estimate of drug-likeness (QED) is 0.538. The van der Waals surface area contributed by atoms with E-state index in [9.17, 15) is 0 Å². The molecule has 0 aliphatic rings. The second kappa shape index (κ2) is 5.06. The van der Waals surface area contributed by atoms with Crippen LogP contribution < -0.4 is 5.32 Å². The Labute approximate surface area is 125 Å². The Bertz CT molecular complexity index is 859. The first kappa shape index (κ1) is 12.2. The molecule has 0 atom stereocenters. The molecular formula is C15H13N5S. The van der Waals surface area contributed by atoms with Gasteiger partial charge in [-0.2, -0.15) is 5.10 Å². The molecule has 3 N–H and O–H groups in total. The summed E-state index contributed by atoms with van der Waals surface area (Å²) in [5.41, 5.74) is 3.09. The average Bonchev–Trinajstić information content (AvgIpc) is 3.24. The second-order valence-corrected chi connectivity index (χ2v) is 5.66. The maximum atomic E-state index is 4.53. The van der Waals surface area contributed by atoms with Crippen LogP contribution in [0.4, 0.5) is 5.82 Å². The third-order valence-corrected chi connectivity index (χ3v) is 4.24. The summed E-state index contributed by atoms with van der Waals surface area (Å²) in [6, 6.07) is 10.2. The highest BCUT2D eigenvalue weighted by Crippen LogP contribution is 2.26. The molecule has 0 unspecified atom stereocenters. The molecule has 0 radical (unpaired) electrons. The molecule has 0 amide bonds. The third kappa shape index (κ3) is 2.30. The van der Waals surface area contributed by atoms with Crippen LogP contribution in [-0.2, 0) is 6.54 Å². The minimum atomic E-state index is 0.683. The van der Waals surface area contributed by atoms with E-state index in [-0.39, 0.29) is 0 Å². The molecule has 21 heavy (non-hydrogen) atoms. The van der Waals surface area contributed by atoms with Crippen molar-refractivity contribution in [3.8, 4) is 10.6 Å². The number of pyridine rings is 1. The third-order valence-electron chi connectivity index (χ3n) is 3.35. The van der Waals surface area contributed by atoms with Gasteiger partial charge >= 0.3 is 0 Å². The minimum absolute atomic E-state index is 0.683. The summed E-state index contributed by atoms with van der Waals surface area (Å²) >= 11 is 1.70. The summed E-state index contributed by atoms with van der Waals surface area (Å²) in [7, 11) is 0. The van der Waals surface area contributed by atoms with E-state index < -0.39 is 0 Å². The van der Waals surface area contributed by atoms with Crippen LogP contribution in [0.5, 0.6) is 0 Å². The van der Waals surface area contributed by atoms with Crippen LogP contribution in [0.15, 0.2) is 48.1 Å². The first-order chi connectivity index (χ1) is 10.4. The molecule has 0 saturated heterocycles. The van der Waals surface area contributed by atoms with E-state index in [0.717, 1.165) is 28.1 Å². The van der Waals surface area contributed by atoms with Crippen molar-refractivity contribution in [3.05, 3.63) is 53.7 Å². The molecule has 0 bridgehead atoms. The van der Waals surface area contributed by atoms with E-state index in [1.165, 1.54) is 4.88 Å². The van der Waals surface area contributed by atoms with Crippen molar-refractivity contribution in [2.24, 2.45) is 0 Å². The van der Waals surface area contributed by atoms with Gasteiger partial charge in [-0.1, -0.05) is 6.07 Å². The molecule has 0 fully saturated rings. The number of hydrogen-bond donors (Lipinski definition) is 3. The molecule has 0 spiro atoms. The maximum absolute atomic E-state index is 4.53. The molecule has 0 aliphatic heterocycles. The van der Waals surface area contributed by atoms with Gasteiger partial charge in [-0.05, 0) is 29.6 Å². The second-order valence-electron chi connectivity index (χ2n) is 4.71. The Hall–Kier alpha value is -2.60. The molecular weight excluding hydrogens is 282 g/mol. The van der Waals surface area contributed by atoms with Gasteiger partial charge in [-0.15, -0.1) is 11.3 Å². The standard InChI is InChI=1S/C15H13N5S/c1-2-12(21-7-1)14-11(9-18-20-14)8-17-13-4-3-10-5-6-16-15(10)19-13/h1-7,9H,8H2,(H,18,20)(H2,16,17,19). The van der Waals surface area contributed by atoms with Crippen molar-refractivity contribution in [2.75, 3.05) is 5.32 Å². The van der Waals surface area contributed by atoms with E-state index in [2.05, 4.69) is 43.0 Å². The van der Waals surface area contributed by atoms with Crippen LogP contribution in [0.25, 0.3) is 21.6 Å². The zero-order valence-electron chi connectivity index (χ0n) is 11.1. The number of aromatic amines is 2. The fourth-order valence-electron chi connectivity index (χ4n) is 2.29. The summed E-state index contributed by atoms with van der Waals surface area (Å²) in [6.45, 7) is 0.683. The topological polar surface area (TPSA) is 69.4 Å². The minimum Gasteiger partial charge on any atom is -0.366 e. The van der Waals surface area contributed by atoms with Gasteiger partial charge in [0, 0.05) is 23.7 Å². The highest BCUT2D eigenvalue weighted by molar-refractivity contribution is 7.13. The molecule has 4 aromatic heterocycles. The molecule has 104 valence electrons. The summed E-state index contributed by atoms with van der Waals surface area (Å²) in [5.74, 6) is 0.850. The van der Waals surface area contributed by atoms with Gasteiger partial charge in [-0.25, -0.2) is 4.98 Å². The molecule has 0 saturated carbocycles. The van der Waals surface area contributed by atoms with Crippen LogP contribution in [0, 0.1) is 0 Å². The van der Waals surface area contributed by atoms with E-state index in [1.807, 2.05) is 30.6 Å². The molecule has 0 aliphatic carbocycles. The maximum Gasteiger partial charge on any atom is 0.139 e. The van der Waals surface area contributed by atoms with Crippen molar-refractivity contribution < 1.29 is 0 Å². The van der Waals surface area contributed by atoms with Crippen LogP contribution in [0.1, 0.15) is 5.56 Å². The fraction of sp³-hybridized carbons (Fsp3) is 0.0667. The number of nitrogens with one attached hydrogen (secondary N) is 3. The smallest absolute Gasteiger partial charge is 0.139 e. The number of rotatable bonds is 4. The molecule has 4 aromatic rings. The number of fused-ring (bicyclic) bond motifs is 1. The predicted octanol–water partition coefficient (Wildman–Crippen LogP) is 3.63. The number of nitrogens with zero attached hydrogens (tertiary/aromatic N) is 2. The van der Waals surface area contributed by atoms with Gasteiger partial charge < -0.3 is 10.3 Å². The zero-order chi connectivity index (χ0) is 14.1. The SMILES string of the molecule is c1csc(-c2[nH]ncc2CNc2ccc3cc[nH]c3n2)c1. The van der Waals surface area contributed by atoms with Crippen molar-refractivity contribution in [1.82, 2.24) is 20.2 Å². The monoisotopic (exact) mass is 295 g/mol. The highest BCUT2D eigenvalue weighted by Gasteiger charge is 2.08. The van der Waals surface area contributed by atoms with Gasteiger partial charge in [0.25, 0.3) is 0 Å². The van der Waals surface area contributed by atoms with E-state index in [1.54, 1.807) is 11.3 Å². The Balaban J connectivity index is 1.55. The van der Waals surface area contributed by atoms with Gasteiger partial charge in [0.2, 0.25) is 0 Å². The number of anilines is 1. The van der Waals surface area contributed by atoms with Crippen LogP contribution in [0.3, 0.4) is 0 Å². The van der Waals surface area contributed by atoms with Gasteiger partial charge in [0.15, 0.2) is 0 Å². The molecule has 4 heterocycles. The summed E-state index contributed by atoms with van der Waals surface area (Å²) in [4.78, 5) is 8.84. The fourth-order valence-corrected chi connectivity index (χ4v) is 3.05. The summed E-state index contributed by atoms with van der Waals surface area (Å²) < 4.78 is 0. The van der Waals surface area contributed by atoms with Crippen molar-refractivity contribution >= 4 is 28.2 Å². The van der Waals surface area contributed by atoms with Crippen LogP contribution in [-0.4, -0.2) is 20.2 Å². The lowest BCUT2D eigenvalue weighted by Crippen LogP contribution is -2.01. The van der Waals surface area contributed by atoms with Gasteiger partial charge in [0.05, 0.1) is 16.8 Å². The lowest BCUT2D eigenvalue weighted by Gasteiger charge is -2.05. The van der Waals surface area contributed by atoms with Crippen molar-refractivity contribution in [1.29, 1.82) is 0 Å². The Morgan fingerprint density at radius 2 is 2.19 bits per heavy atom. The Morgan fingerprint density at radius 1 is 1.19 bits per heavy atom. The molecule has 4 rings (SSSR count). The largest absolute Gasteiger partial charge is 0.366 e. The van der Waals surface area contributed by atoms with E-state index in [4.69, 9.17) is 0 Å². The van der Waals surface area contributed by atoms with Crippen molar-refractivity contribution in [2.45, 2.75) is 6.54 Å². The molecule has 0 aromatic carbocycles. The van der Waals surface area contributed by atoms with E-state index >= 15 is 0 Å². The average molecular weight is 295 g/mol. The molecule has 6 heteroatoms. The lowest BCUT2D eigenvalue weighted by molar-refractivity contribution is 1.10. The van der Waals surface area contributed by atoms with Crippen LogP contribution >= 0.6 is 11.3 Å². The highest BCUT2D eigenvalue weighted by atomic mass is 32.1. The zero-order valence-corrected chi connectivity index (χ0v) is 11.9. The molecule has 5 nitrogen and oxygen atoms in total. The number of hydrogen-bond acceptors (Lipinski definition) is 4. The summed E-state index contributed by atoms with van der Waals surface area (Å²) in [5, 5.41) is 13.7. The number of H-pyrrole nitrogens is 2. The lowest BCUT2D eigenvalue weighted by atomic mass is 10.2. The van der Waals surface area contributed by atoms with Crippen molar-refractivity contribution in [3.63, 3.8) is 0 Å². The number of aromatic nitrogens is 4. The first-order valence-electron chi connectivity index (χ1n) is 6.64. The van der Waals surface area contributed by atoms with Gasteiger partial charge in [-0.3, -0.25) is 5.10 Å². The normalized spacial score (nSPS) is 11.0. The first-order valence-corrected chi connectivity index (χ1v) is 7.52. The van der Waals surface area contributed by atoms with E-state index in [0.29, 0.717) is 6.54 Å². The Morgan fingerprint density at radius 3 is 3.10 bits per heavy atom. The van der Waals surface area contributed by atoms with Crippen LogP contribution in [0.2, 0.25) is 0 Å². The van der Waals surface area contributed by atoms with Gasteiger partial charge in [0.1, 0.15) is 11.5 Å².